The van der Waals surface area contributed by atoms with Gasteiger partial charge in [-0.25, -0.2) is 4.21 Å². The second-order valence-corrected chi connectivity index (χ2v) is 3.89. The van der Waals surface area contributed by atoms with Crippen LogP contribution in [0.4, 0.5) is 0 Å². The average Bonchev–Trinajstić information content (AvgIpc) is 1.96. The Hall–Kier alpha value is -0.380. The van der Waals surface area contributed by atoms with Crippen LogP contribution in [0, 0.1) is 6.92 Å². The minimum absolute atomic E-state index is 0.165. The standard InChI is InChI=1S/C8H9ClO2S/c1-6-4-7(5-12(10)11)2-3-8(6)9/h2-4H,5H2,1H3,(H,10,11). The molecule has 66 valence electrons. The molecule has 0 heterocycles. The summed E-state index contributed by atoms with van der Waals surface area (Å²) in [6.45, 7) is 1.87. The number of halogens is 1. The van der Waals surface area contributed by atoms with Crippen molar-refractivity contribution in [1.29, 1.82) is 0 Å². The molecule has 0 radical (unpaired) electrons. The Morgan fingerprint density at radius 2 is 2.25 bits per heavy atom. The topological polar surface area (TPSA) is 37.3 Å². The summed E-state index contributed by atoms with van der Waals surface area (Å²) < 4.78 is 19.0. The molecule has 1 aromatic rings. The summed E-state index contributed by atoms with van der Waals surface area (Å²) in [5.74, 6) is 0.165. The molecule has 1 atom stereocenters. The average molecular weight is 205 g/mol. The molecule has 2 nitrogen and oxygen atoms in total. The zero-order valence-corrected chi connectivity index (χ0v) is 8.15. The predicted octanol–water partition coefficient (Wildman–Crippen LogP) is 2.37. The molecule has 1 N–H and O–H groups in total. The third kappa shape index (κ3) is 2.59. The van der Waals surface area contributed by atoms with Gasteiger partial charge in [0.15, 0.2) is 11.1 Å². The Labute approximate surface area is 78.8 Å². The largest absolute Gasteiger partial charge is 0.306 e. The van der Waals surface area contributed by atoms with Gasteiger partial charge in [-0.05, 0) is 24.1 Å². The number of rotatable bonds is 2. The van der Waals surface area contributed by atoms with E-state index in [1.54, 1.807) is 12.1 Å². The van der Waals surface area contributed by atoms with Crippen LogP contribution in [0.25, 0.3) is 0 Å². The van der Waals surface area contributed by atoms with Crippen molar-refractivity contribution in [3.05, 3.63) is 34.3 Å². The van der Waals surface area contributed by atoms with Gasteiger partial charge in [0, 0.05) is 5.02 Å². The highest BCUT2D eigenvalue weighted by Gasteiger charge is 2.00. The summed E-state index contributed by atoms with van der Waals surface area (Å²) >= 11 is 4.00. The number of hydrogen-bond donors (Lipinski definition) is 1. The smallest absolute Gasteiger partial charge is 0.157 e. The highest BCUT2D eigenvalue weighted by molar-refractivity contribution is 7.78. The lowest BCUT2D eigenvalue weighted by Gasteiger charge is -2.00. The van der Waals surface area contributed by atoms with E-state index < -0.39 is 11.1 Å². The van der Waals surface area contributed by atoms with Crippen LogP contribution < -0.4 is 0 Å². The fourth-order valence-corrected chi connectivity index (χ4v) is 1.52. The van der Waals surface area contributed by atoms with Crippen LogP contribution in [-0.2, 0) is 16.8 Å². The van der Waals surface area contributed by atoms with Gasteiger partial charge in [0.1, 0.15) is 0 Å². The molecule has 0 aliphatic heterocycles. The first-order chi connectivity index (χ1) is 5.59. The predicted molar refractivity (Wildman–Crippen MR) is 50.7 cm³/mol. The van der Waals surface area contributed by atoms with Gasteiger partial charge < -0.3 is 4.55 Å². The van der Waals surface area contributed by atoms with Gasteiger partial charge in [-0.15, -0.1) is 0 Å². The summed E-state index contributed by atoms with van der Waals surface area (Å²) in [5, 5.41) is 0.683. The van der Waals surface area contributed by atoms with E-state index in [-0.39, 0.29) is 5.75 Å². The van der Waals surface area contributed by atoms with Gasteiger partial charge in [-0.2, -0.15) is 0 Å². The molecule has 0 amide bonds. The first kappa shape index (κ1) is 9.71. The Morgan fingerprint density at radius 1 is 1.58 bits per heavy atom. The fraction of sp³-hybridized carbons (Fsp3) is 0.250. The van der Waals surface area contributed by atoms with E-state index in [4.69, 9.17) is 16.2 Å². The summed E-state index contributed by atoms with van der Waals surface area (Å²) in [6, 6.07) is 5.30. The van der Waals surface area contributed by atoms with E-state index in [9.17, 15) is 4.21 Å². The highest BCUT2D eigenvalue weighted by atomic mass is 35.5. The maximum absolute atomic E-state index is 10.4. The SMILES string of the molecule is Cc1cc(CS(=O)O)ccc1Cl. The van der Waals surface area contributed by atoms with Crippen LogP contribution in [0.3, 0.4) is 0 Å². The van der Waals surface area contributed by atoms with Gasteiger partial charge in [-0.1, -0.05) is 23.7 Å². The van der Waals surface area contributed by atoms with E-state index in [0.29, 0.717) is 5.02 Å². The fourth-order valence-electron chi connectivity index (χ4n) is 0.939. The van der Waals surface area contributed by atoms with E-state index in [1.807, 2.05) is 13.0 Å². The van der Waals surface area contributed by atoms with Crippen molar-refractivity contribution < 1.29 is 8.76 Å². The Balaban J connectivity index is 2.89. The molecular formula is C8H9ClO2S. The van der Waals surface area contributed by atoms with Gasteiger partial charge in [0.05, 0.1) is 5.75 Å². The van der Waals surface area contributed by atoms with Crippen molar-refractivity contribution >= 4 is 22.7 Å². The minimum atomic E-state index is -1.77. The first-order valence-corrected chi connectivity index (χ1v) is 5.07. The van der Waals surface area contributed by atoms with Crippen molar-refractivity contribution in [3.8, 4) is 0 Å². The summed E-state index contributed by atoms with van der Waals surface area (Å²) in [5.41, 5.74) is 1.76. The van der Waals surface area contributed by atoms with Crippen LogP contribution >= 0.6 is 11.6 Å². The maximum Gasteiger partial charge on any atom is 0.157 e. The second kappa shape index (κ2) is 4.03. The second-order valence-electron chi connectivity index (χ2n) is 2.55. The van der Waals surface area contributed by atoms with Gasteiger partial charge in [0.25, 0.3) is 0 Å². The molecule has 1 rings (SSSR count). The van der Waals surface area contributed by atoms with Crippen LogP contribution in [-0.4, -0.2) is 8.76 Å². The maximum atomic E-state index is 10.4. The van der Waals surface area contributed by atoms with Crippen LogP contribution in [0.2, 0.25) is 5.02 Å². The molecule has 0 aliphatic rings. The Morgan fingerprint density at radius 3 is 2.75 bits per heavy atom. The summed E-state index contributed by atoms with van der Waals surface area (Å²) in [7, 11) is 0. The Bertz CT molecular complexity index is 312. The highest BCUT2D eigenvalue weighted by Crippen LogP contribution is 2.16. The normalized spacial score (nSPS) is 12.9. The molecule has 12 heavy (non-hydrogen) atoms. The molecular weight excluding hydrogens is 196 g/mol. The van der Waals surface area contributed by atoms with Crippen molar-refractivity contribution in [3.63, 3.8) is 0 Å². The lowest BCUT2D eigenvalue weighted by Crippen LogP contribution is -1.93. The molecule has 0 fully saturated rings. The zero-order chi connectivity index (χ0) is 9.14. The molecule has 0 aliphatic carbocycles. The van der Waals surface area contributed by atoms with Crippen LogP contribution in [0.15, 0.2) is 18.2 Å². The molecule has 4 heteroatoms. The summed E-state index contributed by atoms with van der Waals surface area (Å²) in [6.07, 6.45) is 0. The lowest BCUT2D eigenvalue weighted by atomic mass is 10.2. The monoisotopic (exact) mass is 204 g/mol. The summed E-state index contributed by atoms with van der Waals surface area (Å²) in [4.78, 5) is 0. The van der Waals surface area contributed by atoms with E-state index in [0.717, 1.165) is 11.1 Å². The Kier molecular flexibility index (Phi) is 3.26. The zero-order valence-electron chi connectivity index (χ0n) is 6.58. The van der Waals surface area contributed by atoms with E-state index >= 15 is 0 Å². The molecule has 0 saturated carbocycles. The lowest BCUT2D eigenvalue weighted by molar-refractivity contribution is 0.563. The molecule has 1 unspecified atom stereocenters. The first-order valence-electron chi connectivity index (χ1n) is 3.42. The van der Waals surface area contributed by atoms with Crippen molar-refractivity contribution in [1.82, 2.24) is 0 Å². The quantitative estimate of drug-likeness (QED) is 0.752. The molecule has 1 aromatic carbocycles. The van der Waals surface area contributed by atoms with Crippen molar-refractivity contribution in [2.24, 2.45) is 0 Å². The van der Waals surface area contributed by atoms with E-state index in [2.05, 4.69) is 0 Å². The minimum Gasteiger partial charge on any atom is -0.306 e. The molecule has 0 bridgehead atoms. The van der Waals surface area contributed by atoms with Crippen molar-refractivity contribution in [2.45, 2.75) is 12.7 Å². The van der Waals surface area contributed by atoms with Gasteiger partial charge in [0.2, 0.25) is 0 Å². The molecule has 0 spiro atoms. The van der Waals surface area contributed by atoms with E-state index in [1.165, 1.54) is 0 Å². The van der Waals surface area contributed by atoms with Crippen molar-refractivity contribution in [2.75, 3.05) is 0 Å². The van der Waals surface area contributed by atoms with Crippen LogP contribution in [0.5, 0.6) is 0 Å². The molecule has 0 saturated heterocycles. The third-order valence-corrected chi connectivity index (χ3v) is 2.52. The number of aryl methyl sites for hydroxylation is 1. The molecule has 0 aromatic heterocycles. The third-order valence-electron chi connectivity index (χ3n) is 1.51. The van der Waals surface area contributed by atoms with Gasteiger partial charge >= 0.3 is 0 Å². The van der Waals surface area contributed by atoms with Gasteiger partial charge in [-0.3, -0.25) is 0 Å². The van der Waals surface area contributed by atoms with Crippen LogP contribution in [0.1, 0.15) is 11.1 Å². The number of hydrogen-bond acceptors (Lipinski definition) is 1. The number of benzene rings is 1.